The molecule has 1 aromatic carbocycles. The normalized spacial score (nSPS) is 24.3. The van der Waals surface area contributed by atoms with Gasteiger partial charge in [0.15, 0.2) is 11.6 Å². The number of carbonyl (C=O) groups is 1. The molecule has 3 aliphatic heterocycles. The van der Waals surface area contributed by atoms with Crippen molar-refractivity contribution in [3.05, 3.63) is 52.5 Å². The molecule has 176 valence electrons. The number of nitrogens with zero attached hydrogens (tertiary/aromatic N) is 3. The third-order valence-electron chi connectivity index (χ3n) is 7.23. The van der Waals surface area contributed by atoms with Crippen LogP contribution in [0.3, 0.4) is 0 Å². The van der Waals surface area contributed by atoms with Gasteiger partial charge in [0, 0.05) is 47.3 Å². The number of dihydropyridines is 1. The Hall–Kier alpha value is -2.46. The number of azo groups is 1. The number of alkyl halides is 2. The van der Waals surface area contributed by atoms with Crippen molar-refractivity contribution in [3.63, 3.8) is 0 Å². The Bertz CT molecular complexity index is 1210. The Balaban J connectivity index is 1.45. The van der Waals surface area contributed by atoms with E-state index < -0.39 is 21.9 Å². The number of halogens is 2. The second kappa shape index (κ2) is 7.53. The lowest BCUT2D eigenvalue weighted by Gasteiger charge is -2.48. The van der Waals surface area contributed by atoms with Crippen molar-refractivity contribution in [1.82, 2.24) is 9.62 Å². The molecule has 0 atom stereocenters. The summed E-state index contributed by atoms with van der Waals surface area (Å²) in [5, 5.41) is 11.8. The van der Waals surface area contributed by atoms with E-state index in [-0.39, 0.29) is 34.7 Å². The molecule has 1 aromatic rings. The van der Waals surface area contributed by atoms with Crippen LogP contribution in [-0.4, -0.2) is 38.1 Å². The summed E-state index contributed by atoms with van der Waals surface area (Å²) in [5.41, 5.74) is 1.67. The van der Waals surface area contributed by atoms with Crippen molar-refractivity contribution >= 4 is 15.8 Å². The van der Waals surface area contributed by atoms with Gasteiger partial charge in [-0.05, 0) is 36.8 Å². The number of nitrogens with one attached hydrogen (secondary N) is 1. The zero-order chi connectivity index (χ0) is 23.6. The van der Waals surface area contributed by atoms with Crippen LogP contribution in [0, 0.1) is 10.8 Å². The second-order valence-electron chi connectivity index (χ2n) is 10.0. The van der Waals surface area contributed by atoms with Crippen LogP contribution in [0.1, 0.15) is 51.5 Å². The predicted molar refractivity (Wildman–Crippen MR) is 117 cm³/mol. The first-order chi connectivity index (χ1) is 15.5. The minimum absolute atomic E-state index is 0.00525. The highest BCUT2D eigenvalue weighted by Gasteiger charge is 2.53. The summed E-state index contributed by atoms with van der Waals surface area (Å²) in [5.74, 6) is 0.796. The Kier molecular flexibility index (Phi) is 5.09. The molecular formula is C23H26F2N4O3S. The van der Waals surface area contributed by atoms with Gasteiger partial charge in [-0.25, -0.2) is 17.2 Å². The molecule has 0 bridgehead atoms. The van der Waals surface area contributed by atoms with Gasteiger partial charge in [-0.15, -0.1) is 5.11 Å². The summed E-state index contributed by atoms with van der Waals surface area (Å²) < 4.78 is 53.5. The van der Waals surface area contributed by atoms with Crippen molar-refractivity contribution < 1.29 is 22.0 Å². The van der Waals surface area contributed by atoms with Gasteiger partial charge < -0.3 is 5.32 Å². The molecule has 3 heterocycles. The minimum atomic E-state index is -3.83. The number of fused-ring (bicyclic) bond motifs is 2. The zero-order valence-corrected chi connectivity index (χ0v) is 19.4. The molecule has 1 aliphatic carbocycles. The van der Waals surface area contributed by atoms with Crippen molar-refractivity contribution in [2.24, 2.45) is 21.1 Å². The van der Waals surface area contributed by atoms with Crippen LogP contribution in [0.25, 0.3) is 0 Å². The number of carbonyl (C=O) groups excluding carboxylic acids is 1. The highest BCUT2D eigenvalue weighted by molar-refractivity contribution is 7.89. The van der Waals surface area contributed by atoms with E-state index in [2.05, 4.69) is 29.4 Å². The Morgan fingerprint density at radius 3 is 2.39 bits per heavy atom. The van der Waals surface area contributed by atoms with Crippen molar-refractivity contribution in [2.45, 2.75) is 50.9 Å². The first-order valence-corrected chi connectivity index (χ1v) is 12.5. The third-order valence-corrected chi connectivity index (χ3v) is 9.14. The molecule has 1 N–H and O–H groups in total. The number of rotatable bonds is 3. The molecule has 0 saturated carbocycles. The Morgan fingerprint density at radius 1 is 1.09 bits per heavy atom. The summed E-state index contributed by atoms with van der Waals surface area (Å²) in [6, 6.07) is 4.75. The topological polar surface area (TPSA) is 91.2 Å². The van der Waals surface area contributed by atoms with Crippen molar-refractivity contribution in [1.29, 1.82) is 0 Å². The SMILES string of the molecule is CC1(C)CC(=O)C2=C(C1)NC1=C(CN=N1)C21CCN(S(=O)(=O)c2ccc(C(F)F)cc2)CC1. The first-order valence-electron chi connectivity index (χ1n) is 11.1. The number of ketones is 1. The summed E-state index contributed by atoms with van der Waals surface area (Å²) >= 11 is 0. The van der Waals surface area contributed by atoms with Crippen LogP contribution in [-0.2, 0) is 14.8 Å². The lowest BCUT2D eigenvalue weighted by Crippen LogP contribution is -2.50. The highest BCUT2D eigenvalue weighted by atomic mass is 32.2. The summed E-state index contributed by atoms with van der Waals surface area (Å²) in [4.78, 5) is 13.3. The van der Waals surface area contributed by atoms with Crippen LogP contribution in [0.4, 0.5) is 8.78 Å². The van der Waals surface area contributed by atoms with Crippen LogP contribution < -0.4 is 5.32 Å². The predicted octanol–water partition coefficient (Wildman–Crippen LogP) is 4.32. The Labute approximate surface area is 191 Å². The fourth-order valence-electron chi connectivity index (χ4n) is 5.66. The molecule has 33 heavy (non-hydrogen) atoms. The summed E-state index contributed by atoms with van der Waals surface area (Å²) in [6.45, 7) is 4.99. The van der Waals surface area contributed by atoms with E-state index in [0.29, 0.717) is 31.6 Å². The number of hydrogen-bond donors (Lipinski definition) is 1. The smallest absolute Gasteiger partial charge is 0.263 e. The van der Waals surface area contributed by atoms with Crippen molar-refractivity contribution in [3.8, 4) is 0 Å². The number of piperidine rings is 1. The van der Waals surface area contributed by atoms with Gasteiger partial charge in [0.25, 0.3) is 6.43 Å². The fourth-order valence-corrected chi connectivity index (χ4v) is 7.10. The van der Waals surface area contributed by atoms with Gasteiger partial charge in [0.1, 0.15) is 0 Å². The summed E-state index contributed by atoms with van der Waals surface area (Å²) in [7, 11) is -3.83. The van der Waals surface area contributed by atoms with Gasteiger partial charge in [-0.1, -0.05) is 26.0 Å². The first kappa shape index (κ1) is 22.3. The molecule has 1 spiro atoms. The van der Waals surface area contributed by atoms with E-state index in [9.17, 15) is 22.0 Å². The molecule has 5 rings (SSSR count). The van der Waals surface area contributed by atoms with E-state index in [0.717, 1.165) is 35.4 Å². The molecule has 4 aliphatic rings. The average Bonchev–Trinajstić information content (AvgIpc) is 3.22. The maximum absolute atomic E-state index is 13.3. The number of sulfonamides is 1. The average molecular weight is 477 g/mol. The number of allylic oxidation sites excluding steroid dienone is 2. The second-order valence-corrected chi connectivity index (χ2v) is 11.9. The maximum atomic E-state index is 13.3. The van der Waals surface area contributed by atoms with Crippen LogP contribution >= 0.6 is 0 Å². The van der Waals surface area contributed by atoms with Crippen LogP contribution in [0.5, 0.6) is 0 Å². The van der Waals surface area contributed by atoms with Gasteiger partial charge in [0.05, 0.1) is 11.4 Å². The van der Waals surface area contributed by atoms with E-state index in [1.165, 1.54) is 16.4 Å². The highest BCUT2D eigenvalue weighted by Crippen LogP contribution is 2.55. The van der Waals surface area contributed by atoms with Gasteiger partial charge in [-0.3, -0.25) is 4.79 Å². The van der Waals surface area contributed by atoms with E-state index in [4.69, 9.17) is 0 Å². The molecule has 1 fully saturated rings. The quantitative estimate of drug-likeness (QED) is 0.704. The standard InChI is InChI=1S/C23H26F2N4O3S/c1-22(2)11-17-19(18(30)12-22)23(16-13-26-28-21(16)27-17)7-9-29(10-8-23)33(31,32)15-5-3-14(4-6-15)20(24)25/h3-6,20,27H,7-13H2,1-2H3. The van der Waals surface area contributed by atoms with Gasteiger partial charge in [-0.2, -0.15) is 9.42 Å². The zero-order valence-electron chi connectivity index (χ0n) is 18.6. The summed E-state index contributed by atoms with van der Waals surface area (Å²) in [6.07, 6.45) is -0.567. The molecule has 0 aromatic heterocycles. The van der Waals surface area contributed by atoms with Gasteiger partial charge >= 0.3 is 0 Å². The van der Waals surface area contributed by atoms with E-state index >= 15 is 0 Å². The number of benzene rings is 1. The molecule has 7 nitrogen and oxygen atoms in total. The Morgan fingerprint density at radius 2 is 1.76 bits per heavy atom. The fraction of sp³-hybridized carbons (Fsp3) is 0.522. The lowest BCUT2D eigenvalue weighted by molar-refractivity contribution is -0.119. The minimum Gasteiger partial charge on any atom is -0.342 e. The third kappa shape index (κ3) is 3.54. The van der Waals surface area contributed by atoms with Gasteiger partial charge in [0.2, 0.25) is 10.0 Å². The molecule has 0 radical (unpaired) electrons. The lowest BCUT2D eigenvalue weighted by atomic mass is 9.60. The van der Waals surface area contributed by atoms with Crippen molar-refractivity contribution in [2.75, 3.05) is 19.6 Å². The molecule has 0 unspecified atom stereocenters. The largest absolute Gasteiger partial charge is 0.342 e. The molecule has 10 heteroatoms. The molecular weight excluding hydrogens is 450 g/mol. The van der Waals surface area contributed by atoms with Crippen LogP contribution in [0.15, 0.2) is 62.1 Å². The number of hydrogen-bond acceptors (Lipinski definition) is 6. The molecule has 0 amide bonds. The van der Waals surface area contributed by atoms with E-state index in [1.807, 2.05) is 0 Å². The van der Waals surface area contributed by atoms with E-state index in [1.54, 1.807) is 0 Å². The monoisotopic (exact) mass is 476 g/mol. The molecule has 1 saturated heterocycles. The maximum Gasteiger partial charge on any atom is 0.263 e. The number of Topliss-reactive ketones (excluding diaryl/α,β-unsaturated/α-hetero) is 1. The van der Waals surface area contributed by atoms with Crippen LogP contribution in [0.2, 0.25) is 0 Å².